The number of hydrogen-bond acceptors (Lipinski definition) is 4. The number of thioether (sulfide) groups is 1. The van der Waals surface area contributed by atoms with E-state index in [9.17, 15) is 13.2 Å². The molecule has 7 heteroatoms. The fourth-order valence-electron chi connectivity index (χ4n) is 1.64. The van der Waals surface area contributed by atoms with Crippen molar-refractivity contribution in [1.29, 1.82) is 0 Å². The molecule has 1 aromatic carbocycles. The van der Waals surface area contributed by atoms with Crippen molar-refractivity contribution in [1.82, 2.24) is 10.0 Å². The van der Waals surface area contributed by atoms with Crippen LogP contribution in [0.15, 0.2) is 29.2 Å². The molecule has 21 heavy (non-hydrogen) atoms. The molecule has 0 fully saturated rings. The third-order valence-corrected chi connectivity index (χ3v) is 4.75. The van der Waals surface area contributed by atoms with Gasteiger partial charge in [0, 0.05) is 16.7 Å². The second kappa shape index (κ2) is 7.82. The summed E-state index contributed by atoms with van der Waals surface area (Å²) in [6, 6.07) is 7.36. The highest BCUT2D eigenvalue weighted by atomic mass is 32.2. The lowest BCUT2D eigenvalue weighted by Gasteiger charge is -2.17. The van der Waals surface area contributed by atoms with E-state index in [0.29, 0.717) is 0 Å². The van der Waals surface area contributed by atoms with Crippen molar-refractivity contribution in [2.75, 3.05) is 12.0 Å². The number of rotatable bonds is 7. The second-order valence-corrected chi connectivity index (χ2v) is 8.02. The van der Waals surface area contributed by atoms with Crippen LogP contribution in [0.5, 0.6) is 0 Å². The first-order valence-electron chi connectivity index (χ1n) is 6.64. The standard InChI is InChI=1S/C14H22N2O3S2/c1-10-5-7-13(8-6-10)20-9-11(2)15-14(17)12(3)16-21(4,18)19/h5-8,11-12,16H,9H2,1-4H3,(H,15,17)/t11-,12-/m1/s1. The monoisotopic (exact) mass is 330 g/mol. The van der Waals surface area contributed by atoms with Crippen molar-refractivity contribution in [2.45, 2.75) is 37.8 Å². The molecule has 0 radical (unpaired) electrons. The van der Waals surface area contributed by atoms with E-state index in [1.165, 1.54) is 12.5 Å². The van der Waals surface area contributed by atoms with Crippen LogP contribution in [-0.4, -0.2) is 38.4 Å². The van der Waals surface area contributed by atoms with Crippen LogP contribution in [-0.2, 0) is 14.8 Å². The average molecular weight is 330 g/mol. The van der Waals surface area contributed by atoms with Crippen molar-refractivity contribution in [2.24, 2.45) is 0 Å². The SMILES string of the molecule is Cc1ccc(SC[C@@H](C)NC(=O)[C@@H](C)NS(C)(=O)=O)cc1. The Bertz CT molecular complexity index is 570. The van der Waals surface area contributed by atoms with Gasteiger partial charge in [0.2, 0.25) is 15.9 Å². The normalized spacial score (nSPS) is 14.5. The summed E-state index contributed by atoms with van der Waals surface area (Å²) in [6.45, 7) is 5.45. The minimum atomic E-state index is -3.38. The predicted molar refractivity (Wildman–Crippen MR) is 86.9 cm³/mol. The molecule has 0 saturated carbocycles. The summed E-state index contributed by atoms with van der Waals surface area (Å²) in [5.74, 6) is 0.401. The van der Waals surface area contributed by atoms with E-state index < -0.39 is 16.1 Å². The van der Waals surface area contributed by atoms with Crippen LogP contribution in [0.2, 0.25) is 0 Å². The Balaban J connectivity index is 2.40. The number of aryl methyl sites for hydroxylation is 1. The van der Waals surface area contributed by atoms with Crippen LogP contribution in [0.4, 0.5) is 0 Å². The first kappa shape index (κ1) is 18.0. The summed E-state index contributed by atoms with van der Waals surface area (Å²) in [5, 5.41) is 2.80. The number of carbonyl (C=O) groups is 1. The maximum atomic E-state index is 11.8. The third-order valence-electron chi connectivity index (χ3n) is 2.69. The van der Waals surface area contributed by atoms with Crippen molar-refractivity contribution < 1.29 is 13.2 Å². The Morgan fingerprint density at radius 2 is 1.81 bits per heavy atom. The fourth-order valence-corrected chi connectivity index (χ4v) is 3.24. The van der Waals surface area contributed by atoms with Gasteiger partial charge in [0.1, 0.15) is 0 Å². The number of carbonyl (C=O) groups excluding carboxylic acids is 1. The summed E-state index contributed by atoms with van der Waals surface area (Å²) < 4.78 is 24.4. The molecule has 5 nitrogen and oxygen atoms in total. The van der Waals surface area contributed by atoms with Gasteiger partial charge >= 0.3 is 0 Å². The van der Waals surface area contributed by atoms with Crippen LogP contribution in [0.1, 0.15) is 19.4 Å². The molecule has 0 aliphatic heterocycles. The van der Waals surface area contributed by atoms with Gasteiger partial charge in [-0.05, 0) is 32.9 Å². The van der Waals surface area contributed by atoms with E-state index in [1.807, 2.05) is 38.1 Å². The van der Waals surface area contributed by atoms with E-state index in [4.69, 9.17) is 0 Å². The van der Waals surface area contributed by atoms with Crippen LogP contribution in [0, 0.1) is 6.92 Å². The van der Waals surface area contributed by atoms with Crippen molar-refractivity contribution in [3.63, 3.8) is 0 Å². The molecule has 1 aromatic rings. The summed E-state index contributed by atoms with van der Waals surface area (Å²) in [5.41, 5.74) is 1.21. The van der Waals surface area contributed by atoms with Crippen LogP contribution in [0.3, 0.4) is 0 Å². The number of hydrogen-bond donors (Lipinski definition) is 2. The molecule has 0 bridgehead atoms. The average Bonchev–Trinajstić information content (AvgIpc) is 2.36. The largest absolute Gasteiger partial charge is 0.351 e. The second-order valence-electron chi connectivity index (χ2n) is 5.15. The van der Waals surface area contributed by atoms with Crippen molar-refractivity contribution >= 4 is 27.7 Å². The van der Waals surface area contributed by atoms with Crippen LogP contribution in [0.25, 0.3) is 0 Å². The Morgan fingerprint density at radius 1 is 1.24 bits per heavy atom. The zero-order chi connectivity index (χ0) is 16.0. The Labute approximate surface area is 130 Å². The van der Waals surface area contributed by atoms with Gasteiger partial charge in [0.05, 0.1) is 12.3 Å². The van der Waals surface area contributed by atoms with Gasteiger partial charge in [-0.3, -0.25) is 4.79 Å². The number of nitrogens with one attached hydrogen (secondary N) is 2. The summed E-state index contributed by atoms with van der Waals surface area (Å²) >= 11 is 1.65. The van der Waals surface area contributed by atoms with E-state index in [-0.39, 0.29) is 11.9 Å². The van der Waals surface area contributed by atoms with Gasteiger partial charge in [-0.2, -0.15) is 0 Å². The lowest BCUT2D eigenvalue weighted by atomic mass is 10.2. The molecule has 1 amide bonds. The summed E-state index contributed by atoms with van der Waals surface area (Å²) in [7, 11) is -3.38. The molecule has 0 unspecified atom stereocenters. The molecular formula is C14H22N2O3S2. The van der Waals surface area contributed by atoms with Gasteiger partial charge in [-0.25, -0.2) is 13.1 Å². The summed E-state index contributed by atoms with van der Waals surface area (Å²) in [4.78, 5) is 13.0. The molecule has 0 aromatic heterocycles. The van der Waals surface area contributed by atoms with Crippen LogP contribution >= 0.6 is 11.8 Å². The molecule has 118 valence electrons. The molecule has 1 rings (SSSR count). The first-order chi connectivity index (χ1) is 9.67. The quantitative estimate of drug-likeness (QED) is 0.744. The van der Waals surface area contributed by atoms with E-state index in [1.54, 1.807) is 11.8 Å². The summed E-state index contributed by atoms with van der Waals surface area (Å²) in [6.07, 6.45) is 1.04. The molecule has 0 saturated heterocycles. The maximum Gasteiger partial charge on any atom is 0.238 e. The first-order valence-corrected chi connectivity index (χ1v) is 9.52. The molecule has 0 aliphatic rings. The minimum absolute atomic E-state index is 0.0485. The zero-order valence-corrected chi connectivity index (χ0v) is 14.3. The van der Waals surface area contributed by atoms with E-state index in [0.717, 1.165) is 16.9 Å². The molecule has 2 N–H and O–H groups in total. The van der Waals surface area contributed by atoms with Gasteiger partial charge < -0.3 is 5.32 Å². The van der Waals surface area contributed by atoms with Gasteiger partial charge in [-0.15, -0.1) is 11.8 Å². The molecule has 0 spiro atoms. The lowest BCUT2D eigenvalue weighted by Crippen LogP contribution is -2.47. The Kier molecular flexibility index (Phi) is 6.70. The van der Waals surface area contributed by atoms with Gasteiger partial charge in [0.25, 0.3) is 0 Å². The highest BCUT2D eigenvalue weighted by Gasteiger charge is 2.18. The lowest BCUT2D eigenvalue weighted by molar-refractivity contribution is -0.122. The van der Waals surface area contributed by atoms with Gasteiger partial charge in [-0.1, -0.05) is 17.7 Å². The Hall–Kier alpha value is -1.05. The zero-order valence-electron chi connectivity index (χ0n) is 12.7. The number of amides is 1. The number of benzene rings is 1. The van der Waals surface area contributed by atoms with Crippen LogP contribution < -0.4 is 10.0 Å². The third kappa shape index (κ3) is 7.50. The van der Waals surface area contributed by atoms with E-state index in [2.05, 4.69) is 10.0 Å². The minimum Gasteiger partial charge on any atom is -0.351 e. The maximum absolute atomic E-state index is 11.8. The highest BCUT2D eigenvalue weighted by molar-refractivity contribution is 7.99. The van der Waals surface area contributed by atoms with Crippen molar-refractivity contribution in [3.05, 3.63) is 29.8 Å². The van der Waals surface area contributed by atoms with Gasteiger partial charge in [0.15, 0.2) is 0 Å². The topological polar surface area (TPSA) is 75.3 Å². The smallest absolute Gasteiger partial charge is 0.238 e. The molecular weight excluding hydrogens is 308 g/mol. The Morgan fingerprint density at radius 3 is 2.33 bits per heavy atom. The van der Waals surface area contributed by atoms with E-state index >= 15 is 0 Å². The highest BCUT2D eigenvalue weighted by Crippen LogP contribution is 2.19. The van der Waals surface area contributed by atoms with Crippen molar-refractivity contribution in [3.8, 4) is 0 Å². The molecule has 0 heterocycles. The fraction of sp³-hybridized carbons (Fsp3) is 0.500. The molecule has 2 atom stereocenters. The molecule has 0 aliphatic carbocycles. The predicted octanol–water partition coefficient (Wildman–Crippen LogP) is 1.53. The number of sulfonamides is 1.